The van der Waals surface area contributed by atoms with Crippen LogP contribution in [-0.2, 0) is 17.0 Å². The van der Waals surface area contributed by atoms with Crippen molar-refractivity contribution < 1.29 is 9.26 Å². The smallest absolute Gasteiger partial charge is 0.257 e. The van der Waals surface area contributed by atoms with Crippen LogP contribution in [0.15, 0.2) is 58.2 Å². The molecular formula is C19H17ClN4O2S. The van der Waals surface area contributed by atoms with Crippen molar-refractivity contribution in [1.29, 1.82) is 0 Å². The highest BCUT2D eigenvalue weighted by molar-refractivity contribution is 7.98. The van der Waals surface area contributed by atoms with Gasteiger partial charge in [-0.25, -0.2) is 4.98 Å². The van der Waals surface area contributed by atoms with Crippen LogP contribution >= 0.6 is 23.4 Å². The first kappa shape index (κ1) is 18.0. The minimum absolute atomic E-state index is 0.519. The summed E-state index contributed by atoms with van der Waals surface area (Å²) >= 11 is 7.66. The van der Waals surface area contributed by atoms with E-state index in [1.165, 1.54) is 0 Å². The first-order valence-corrected chi connectivity index (χ1v) is 9.76. The minimum atomic E-state index is 0.519. The molecule has 0 amide bonds. The summed E-state index contributed by atoms with van der Waals surface area (Å²) in [6.45, 7) is 1.31. The van der Waals surface area contributed by atoms with Crippen LogP contribution < -0.4 is 0 Å². The van der Waals surface area contributed by atoms with Crippen molar-refractivity contribution >= 4 is 34.4 Å². The largest absolute Gasteiger partial charge is 0.383 e. The summed E-state index contributed by atoms with van der Waals surface area (Å²) in [6, 6.07) is 15.4. The molecule has 2 aromatic heterocycles. The maximum atomic E-state index is 6.11. The molecule has 2 aromatic carbocycles. The molecule has 0 aliphatic carbocycles. The van der Waals surface area contributed by atoms with Crippen LogP contribution in [0.2, 0.25) is 5.02 Å². The molecule has 0 saturated carbocycles. The number of halogens is 1. The average Bonchev–Trinajstić information content (AvgIpc) is 3.29. The Labute approximate surface area is 165 Å². The Hall–Kier alpha value is -2.35. The van der Waals surface area contributed by atoms with Crippen molar-refractivity contribution in [2.24, 2.45) is 0 Å². The maximum absolute atomic E-state index is 6.11. The van der Waals surface area contributed by atoms with Crippen molar-refractivity contribution in [3.05, 3.63) is 59.4 Å². The Morgan fingerprint density at radius 2 is 2.00 bits per heavy atom. The third kappa shape index (κ3) is 4.00. The number of imidazole rings is 1. The number of hydrogen-bond acceptors (Lipinski definition) is 6. The maximum Gasteiger partial charge on any atom is 0.257 e. The molecule has 8 heteroatoms. The Bertz CT molecular complexity index is 1050. The molecule has 0 radical (unpaired) electrons. The number of aromatic nitrogens is 4. The van der Waals surface area contributed by atoms with E-state index in [0.717, 1.165) is 21.8 Å². The summed E-state index contributed by atoms with van der Waals surface area (Å²) in [7, 11) is 1.69. The second-order valence-corrected chi connectivity index (χ2v) is 7.22. The van der Waals surface area contributed by atoms with Crippen LogP contribution in [0.3, 0.4) is 0 Å². The van der Waals surface area contributed by atoms with E-state index in [4.69, 9.17) is 25.8 Å². The fourth-order valence-electron chi connectivity index (χ4n) is 2.73. The Morgan fingerprint density at radius 1 is 1.15 bits per heavy atom. The third-order valence-electron chi connectivity index (χ3n) is 4.01. The normalized spacial score (nSPS) is 11.3. The van der Waals surface area contributed by atoms with Crippen molar-refractivity contribution in [2.45, 2.75) is 17.5 Å². The van der Waals surface area contributed by atoms with Gasteiger partial charge in [0.2, 0.25) is 0 Å². The Kier molecular flexibility index (Phi) is 5.42. The predicted molar refractivity (Wildman–Crippen MR) is 106 cm³/mol. The summed E-state index contributed by atoms with van der Waals surface area (Å²) in [4.78, 5) is 9.18. The number of fused-ring (bicyclic) bond motifs is 1. The van der Waals surface area contributed by atoms with Crippen molar-refractivity contribution in [3.63, 3.8) is 0 Å². The lowest BCUT2D eigenvalue weighted by Gasteiger charge is -2.07. The van der Waals surface area contributed by atoms with Gasteiger partial charge in [0.05, 0.1) is 23.4 Å². The van der Waals surface area contributed by atoms with Crippen molar-refractivity contribution in [1.82, 2.24) is 19.7 Å². The summed E-state index contributed by atoms with van der Waals surface area (Å²) in [5.41, 5.74) is 2.79. The molecule has 0 bridgehead atoms. The zero-order valence-electron chi connectivity index (χ0n) is 14.6. The number of hydrogen-bond donors (Lipinski definition) is 0. The SMILES string of the molecule is COCCn1c(SCc2noc(-c3ccccc3)n2)nc2cc(Cl)ccc21. The summed E-state index contributed by atoms with van der Waals surface area (Å²) in [5, 5.41) is 5.62. The zero-order valence-corrected chi connectivity index (χ0v) is 16.2. The van der Waals surface area contributed by atoms with Crippen LogP contribution in [0, 0.1) is 0 Å². The summed E-state index contributed by atoms with van der Waals surface area (Å²) in [5.74, 6) is 1.70. The fourth-order valence-corrected chi connectivity index (χ4v) is 3.78. The van der Waals surface area contributed by atoms with E-state index in [-0.39, 0.29) is 0 Å². The fraction of sp³-hybridized carbons (Fsp3) is 0.211. The van der Waals surface area contributed by atoms with Gasteiger partial charge in [0.1, 0.15) is 0 Å². The molecule has 27 heavy (non-hydrogen) atoms. The van der Waals surface area contributed by atoms with Gasteiger partial charge in [0.25, 0.3) is 5.89 Å². The van der Waals surface area contributed by atoms with Crippen molar-refractivity contribution in [2.75, 3.05) is 13.7 Å². The standard InChI is InChI=1S/C19H17ClN4O2S/c1-25-10-9-24-16-8-7-14(20)11-15(16)21-19(24)27-12-17-22-18(26-23-17)13-5-3-2-4-6-13/h2-8,11H,9-10,12H2,1H3. The van der Waals surface area contributed by atoms with Gasteiger partial charge in [-0.2, -0.15) is 4.98 Å². The second-order valence-electron chi connectivity index (χ2n) is 5.84. The monoisotopic (exact) mass is 400 g/mol. The zero-order chi connectivity index (χ0) is 18.6. The molecule has 6 nitrogen and oxygen atoms in total. The lowest BCUT2D eigenvalue weighted by molar-refractivity contribution is 0.186. The predicted octanol–water partition coefficient (Wildman–Crippen LogP) is 4.68. The molecule has 0 unspecified atom stereocenters. The first-order valence-electron chi connectivity index (χ1n) is 8.40. The highest BCUT2D eigenvalue weighted by Crippen LogP contribution is 2.28. The number of benzene rings is 2. The van der Waals surface area contributed by atoms with Gasteiger partial charge in [0.15, 0.2) is 11.0 Å². The Balaban J connectivity index is 1.55. The molecule has 0 saturated heterocycles. The van der Waals surface area contributed by atoms with Gasteiger partial charge >= 0.3 is 0 Å². The topological polar surface area (TPSA) is 66.0 Å². The average molecular weight is 401 g/mol. The van der Waals surface area contributed by atoms with E-state index in [0.29, 0.717) is 35.6 Å². The molecule has 2 heterocycles. The number of methoxy groups -OCH3 is 1. The molecule has 0 spiro atoms. The van der Waals surface area contributed by atoms with Crippen LogP contribution in [0.4, 0.5) is 0 Å². The molecule has 4 rings (SSSR count). The van der Waals surface area contributed by atoms with Crippen LogP contribution in [0.1, 0.15) is 5.82 Å². The quantitative estimate of drug-likeness (QED) is 0.420. The van der Waals surface area contributed by atoms with E-state index < -0.39 is 0 Å². The highest BCUT2D eigenvalue weighted by atomic mass is 35.5. The molecule has 4 aromatic rings. The Morgan fingerprint density at radius 3 is 2.81 bits per heavy atom. The molecule has 0 N–H and O–H groups in total. The number of ether oxygens (including phenoxy) is 1. The van der Waals surface area contributed by atoms with E-state index in [9.17, 15) is 0 Å². The first-order chi connectivity index (χ1) is 13.2. The highest BCUT2D eigenvalue weighted by Gasteiger charge is 2.14. The third-order valence-corrected chi connectivity index (χ3v) is 5.22. The molecule has 0 fully saturated rings. The lowest BCUT2D eigenvalue weighted by Crippen LogP contribution is -2.05. The van der Waals surface area contributed by atoms with E-state index in [2.05, 4.69) is 14.7 Å². The van der Waals surface area contributed by atoms with E-state index in [1.807, 2.05) is 48.5 Å². The number of nitrogens with zero attached hydrogens (tertiary/aromatic N) is 4. The molecule has 0 atom stereocenters. The molecular weight excluding hydrogens is 384 g/mol. The molecule has 0 aliphatic heterocycles. The van der Waals surface area contributed by atoms with Gasteiger partial charge in [-0.05, 0) is 30.3 Å². The van der Waals surface area contributed by atoms with Crippen LogP contribution in [0.5, 0.6) is 0 Å². The summed E-state index contributed by atoms with van der Waals surface area (Å²) in [6.07, 6.45) is 0. The van der Waals surface area contributed by atoms with Crippen molar-refractivity contribution in [3.8, 4) is 11.5 Å². The summed E-state index contributed by atoms with van der Waals surface area (Å²) < 4.78 is 12.7. The van der Waals surface area contributed by atoms with E-state index in [1.54, 1.807) is 18.9 Å². The number of rotatable bonds is 7. The van der Waals surface area contributed by atoms with Gasteiger partial charge in [-0.1, -0.05) is 46.7 Å². The van der Waals surface area contributed by atoms with Gasteiger partial charge in [-0.15, -0.1) is 0 Å². The number of thioether (sulfide) groups is 1. The van der Waals surface area contributed by atoms with Crippen LogP contribution in [-0.4, -0.2) is 33.4 Å². The van der Waals surface area contributed by atoms with Gasteiger partial charge in [-0.3, -0.25) is 0 Å². The second kappa shape index (κ2) is 8.12. The molecule has 138 valence electrons. The minimum Gasteiger partial charge on any atom is -0.383 e. The van der Waals surface area contributed by atoms with Crippen LogP contribution in [0.25, 0.3) is 22.5 Å². The van der Waals surface area contributed by atoms with Gasteiger partial charge in [0, 0.05) is 24.2 Å². The molecule has 0 aliphatic rings. The van der Waals surface area contributed by atoms with Gasteiger partial charge < -0.3 is 13.8 Å². The van der Waals surface area contributed by atoms with E-state index >= 15 is 0 Å². The lowest BCUT2D eigenvalue weighted by atomic mass is 10.2.